The number of ether oxygens (including phenoxy) is 2. The van der Waals surface area contributed by atoms with Crippen molar-refractivity contribution >= 4 is 23.2 Å². The van der Waals surface area contributed by atoms with Crippen LogP contribution in [0.1, 0.15) is 5.69 Å². The molecule has 0 radical (unpaired) electrons. The van der Waals surface area contributed by atoms with Crippen molar-refractivity contribution in [1.82, 2.24) is 14.8 Å². The molecule has 0 saturated heterocycles. The molecule has 0 spiro atoms. The number of carbonyl (C=O) groups is 1. The van der Waals surface area contributed by atoms with Gasteiger partial charge in [-0.3, -0.25) is 14.4 Å². The van der Waals surface area contributed by atoms with E-state index in [0.29, 0.717) is 9.92 Å². The fraction of sp³-hybridized carbons (Fsp3) is 0.211. The molecule has 4 rings (SSSR count). The predicted octanol–water partition coefficient (Wildman–Crippen LogP) is 4.76. The van der Waals surface area contributed by atoms with Gasteiger partial charge in [0.15, 0.2) is 17.2 Å². The Bertz CT molecular complexity index is 1150. The van der Waals surface area contributed by atoms with E-state index in [0.717, 1.165) is 16.9 Å². The van der Waals surface area contributed by atoms with Crippen molar-refractivity contribution in [3.63, 3.8) is 0 Å². The second-order valence-corrected chi connectivity index (χ2v) is 6.99. The lowest BCUT2D eigenvalue weighted by Gasteiger charge is -2.34. The molecule has 13 heteroatoms. The highest BCUT2D eigenvalue weighted by Crippen LogP contribution is 2.46. The van der Waals surface area contributed by atoms with Crippen molar-refractivity contribution in [1.29, 1.82) is 0 Å². The van der Waals surface area contributed by atoms with Crippen LogP contribution in [0.5, 0.6) is 17.4 Å². The largest absolute Gasteiger partial charge is 0.482 e. The Morgan fingerprint density at radius 1 is 1.12 bits per heavy atom. The van der Waals surface area contributed by atoms with Crippen molar-refractivity contribution in [3.05, 3.63) is 59.5 Å². The van der Waals surface area contributed by atoms with Gasteiger partial charge in [0.05, 0.1) is 11.6 Å². The molecule has 0 unspecified atom stereocenters. The topological polar surface area (TPSA) is 69.5 Å². The highest BCUT2D eigenvalue weighted by molar-refractivity contribution is 6.30. The average molecular weight is 475 g/mol. The number of alkyl halides is 5. The predicted molar refractivity (Wildman–Crippen MR) is 101 cm³/mol. The fourth-order valence-electron chi connectivity index (χ4n) is 2.96. The molecular weight excluding hydrogens is 463 g/mol. The Kier molecular flexibility index (Phi) is 5.41. The summed E-state index contributed by atoms with van der Waals surface area (Å²) >= 11 is 5.78. The van der Waals surface area contributed by atoms with Gasteiger partial charge in [0.25, 0.3) is 0 Å². The zero-order chi connectivity index (χ0) is 23.1. The van der Waals surface area contributed by atoms with Crippen LogP contribution in [-0.4, -0.2) is 33.3 Å². The van der Waals surface area contributed by atoms with Crippen molar-refractivity contribution in [2.24, 2.45) is 0 Å². The summed E-state index contributed by atoms with van der Waals surface area (Å²) in [5.41, 5.74) is -1.27. The van der Waals surface area contributed by atoms with Crippen LogP contribution in [-0.2, 0) is 17.5 Å². The first-order chi connectivity index (χ1) is 15.0. The van der Waals surface area contributed by atoms with E-state index in [1.54, 1.807) is 0 Å². The molecule has 0 bridgehead atoms. The minimum absolute atomic E-state index is 0.0300. The Morgan fingerprint density at radius 3 is 2.56 bits per heavy atom. The summed E-state index contributed by atoms with van der Waals surface area (Å²) < 4.78 is 77.7. The van der Waals surface area contributed by atoms with E-state index < -0.39 is 30.4 Å². The molecule has 2 aromatic heterocycles. The van der Waals surface area contributed by atoms with Gasteiger partial charge >= 0.3 is 18.2 Å². The molecule has 7 nitrogen and oxygen atoms in total. The first kappa shape index (κ1) is 21.8. The monoisotopic (exact) mass is 474 g/mol. The van der Waals surface area contributed by atoms with Crippen LogP contribution >= 0.6 is 11.6 Å². The van der Waals surface area contributed by atoms with Crippen molar-refractivity contribution in [2.45, 2.75) is 18.8 Å². The third kappa shape index (κ3) is 4.31. The molecule has 0 fully saturated rings. The summed E-state index contributed by atoms with van der Waals surface area (Å²) in [4.78, 5) is 17.0. The highest BCUT2D eigenvalue weighted by atomic mass is 35.5. The van der Waals surface area contributed by atoms with Gasteiger partial charge in [-0.15, -0.1) is 0 Å². The lowest BCUT2D eigenvalue weighted by Crippen LogP contribution is -2.51. The van der Waals surface area contributed by atoms with Crippen LogP contribution in [0.2, 0.25) is 5.02 Å². The quantitative estimate of drug-likeness (QED) is 0.499. The van der Waals surface area contributed by atoms with E-state index >= 15 is 0 Å². The second-order valence-electron chi connectivity index (χ2n) is 6.56. The zero-order valence-electron chi connectivity index (χ0n) is 15.8. The first-order valence-electron chi connectivity index (χ1n) is 8.96. The van der Waals surface area contributed by atoms with Gasteiger partial charge < -0.3 is 9.47 Å². The van der Waals surface area contributed by atoms with Gasteiger partial charge in [0.2, 0.25) is 5.88 Å². The van der Waals surface area contributed by atoms with Gasteiger partial charge in [0.1, 0.15) is 5.69 Å². The van der Waals surface area contributed by atoms with Crippen LogP contribution in [0, 0.1) is 0 Å². The Labute approximate surface area is 181 Å². The number of aromatic nitrogens is 3. The maximum Gasteiger partial charge on any atom is 0.482 e. The molecule has 168 valence electrons. The smallest absolute Gasteiger partial charge is 0.437 e. The number of fused-ring (bicyclic) bond motifs is 1. The number of halogens is 6. The number of amides is 1. The summed E-state index contributed by atoms with van der Waals surface area (Å²) in [5.74, 6) is -2.02. The minimum Gasteiger partial charge on any atom is -0.437 e. The summed E-state index contributed by atoms with van der Waals surface area (Å²) in [6.45, 7) is -0.733. The maximum absolute atomic E-state index is 14.2. The molecule has 1 aromatic carbocycles. The number of carbonyl (C=O) groups excluding carboxylic acids is 1. The van der Waals surface area contributed by atoms with Crippen LogP contribution in [0.25, 0.3) is 0 Å². The van der Waals surface area contributed by atoms with Gasteiger partial charge in [-0.1, -0.05) is 17.7 Å². The van der Waals surface area contributed by atoms with Crippen LogP contribution in [0.4, 0.5) is 27.6 Å². The van der Waals surface area contributed by atoms with Gasteiger partial charge in [0, 0.05) is 25.0 Å². The molecule has 0 saturated carbocycles. The molecule has 1 aliphatic heterocycles. The van der Waals surface area contributed by atoms with E-state index in [9.17, 15) is 26.7 Å². The second kappa shape index (κ2) is 7.93. The van der Waals surface area contributed by atoms with Gasteiger partial charge in [-0.05, 0) is 24.3 Å². The molecule has 32 heavy (non-hydrogen) atoms. The lowest BCUT2D eigenvalue weighted by atomic mass is 10.2. The number of hydrogen-bond acceptors (Lipinski definition) is 5. The van der Waals surface area contributed by atoms with Crippen molar-refractivity contribution < 1.29 is 36.2 Å². The number of pyridine rings is 1. The molecule has 3 aromatic rings. The summed E-state index contributed by atoms with van der Waals surface area (Å²) in [6.07, 6.45) is -6.50. The Hall–Kier alpha value is -3.41. The van der Waals surface area contributed by atoms with Gasteiger partial charge in [-0.25, -0.2) is 4.98 Å². The first-order valence-corrected chi connectivity index (χ1v) is 9.34. The number of benzene rings is 1. The summed E-state index contributed by atoms with van der Waals surface area (Å²) in [6, 6.07) is 7.64. The SMILES string of the molecule is O=C1N(CCn2ccc(C(F)(F)F)n2)c2c(Oc3ccc(Cl)cn3)cccc2OC1(F)F. The van der Waals surface area contributed by atoms with E-state index in [2.05, 4.69) is 14.8 Å². The number of nitrogens with zero attached hydrogens (tertiary/aromatic N) is 4. The zero-order valence-corrected chi connectivity index (χ0v) is 16.6. The minimum atomic E-state index is -4.66. The molecule has 0 atom stereocenters. The molecule has 1 aliphatic rings. The fourth-order valence-corrected chi connectivity index (χ4v) is 3.07. The number of rotatable bonds is 5. The Morgan fingerprint density at radius 2 is 1.91 bits per heavy atom. The number of para-hydroxylation sites is 1. The molecule has 3 heterocycles. The van der Waals surface area contributed by atoms with E-state index in [1.165, 1.54) is 36.5 Å². The number of hydrogen-bond donors (Lipinski definition) is 0. The molecule has 1 amide bonds. The highest BCUT2D eigenvalue weighted by Gasteiger charge is 2.51. The van der Waals surface area contributed by atoms with Crippen molar-refractivity contribution in [3.8, 4) is 17.4 Å². The van der Waals surface area contributed by atoms with Crippen LogP contribution in [0.3, 0.4) is 0 Å². The van der Waals surface area contributed by atoms with E-state index in [-0.39, 0.29) is 29.6 Å². The summed E-state index contributed by atoms with van der Waals surface area (Å²) in [5, 5.41) is 3.70. The third-order valence-corrected chi connectivity index (χ3v) is 4.59. The molecular formula is C19H12ClF5N4O3. The Balaban J connectivity index is 1.65. The maximum atomic E-state index is 14.2. The van der Waals surface area contributed by atoms with E-state index in [4.69, 9.17) is 16.3 Å². The van der Waals surface area contributed by atoms with Gasteiger partial charge in [-0.2, -0.15) is 27.1 Å². The molecule has 0 aliphatic carbocycles. The lowest BCUT2D eigenvalue weighted by molar-refractivity contribution is -0.192. The third-order valence-electron chi connectivity index (χ3n) is 4.36. The van der Waals surface area contributed by atoms with Crippen LogP contribution < -0.4 is 14.4 Å². The van der Waals surface area contributed by atoms with Crippen LogP contribution in [0.15, 0.2) is 48.8 Å². The van der Waals surface area contributed by atoms with E-state index in [1.807, 2.05) is 0 Å². The molecule has 0 N–H and O–H groups in total. The normalized spacial score (nSPS) is 15.3. The summed E-state index contributed by atoms with van der Waals surface area (Å²) in [7, 11) is 0. The average Bonchev–Trinajstić information content (AvgIpc) is 3.20. The van der Waals surface area contributed by atoms with Crippen molar-refractivity contribution in [2.75, 3.05) is 11.4 Å². The number of anilines is 1. The standard InChI is InChI=1S/C19H12ClF5N4O3/c20-11-4-5-15(26-10-11)31-12-2-1-3-13-16(12)29(17(30)19(24,25)32-13)9-8-28-7-6-14(27-28)18(21,22)23/h1-7,10H,8-9H2.